The molecule has 22 heavy (non-hydrogen) atoms. The Kier molecular flexibility index (Phi) is 5.28. The third-order valence-corrected chi connectivity index (χ3v) is 3.28. The lowest BCUT2D eigenvalue weighted by Crippen LogP contribution is -2.29. The van der Waals surface area contributed by atoms with E-state index in [1.807, 2.05) is 37.9 Å². The van der Waals surface area contributed by atoms with Crippen molar-refractivity contribution in [3.8, 4) is 0 Å². The molecule has 4 heteroatoms. The summed E-state index contributed by atoms with van der Waals surface area (Å²) in [5, 5.41) is 2.91. The van der Waals surface area contributed by atoms with Gasteiger partial charge in [-0.2, -0.15) is 0 Å². The van der Waals surface area contributed by atoms with Gasteiger partial charge in [-0.05, 0) is 61.9 Å². The Morgan fingerprint density at radius 1 is 1.09 bits per heavy atom. The maximum Gasteiger partial charge on any atom is 0.238 e. The summed E-state index contributed by atoms with van der Waals surface area (Å²) in [5.74, 6) is -0.312. The zero-order valence-electron chi connectivity index (χ0n) is 13.2. The topological polar surface area (TPSA) is 32.3 Å². The predicted octanol–water partition coefficient (Wildman–Crippen LogP) is 3.51. The third-order valence-electron chi connectivity index (χ3n) is 3.28. The van der Waals surface area contributed by atoms with Gasteiger partial charge in [-0.15, -0.1) is 0 Å². The molecule has 0 atom stereocenters. The molecule has 0 unspecified atom stereocenters. The number of aryl methyl sites for hydroxylation is 2. The lowest BCUT2D eigenvalue weighted by Gasteiger charge is -2.16. The molecule has 0 radical (unpaired) electrons. The van der Waals surface area contributed by atoms with Crippen LogP contribution in [0.3, 0.4) is 0 Å². The number of hydrogen-bond acceptors (Lipinski definition) is 2. The van der Waals surface area contributed by atoms with Gasteiger partial charge in [0.15, 0.2) is 0 Å². The van der Waals surface area contributed by atoms with Crippen molar-refractivity contribution < 1.29 is 9.18 Å². The van der Waals surface area contributed by atoms with Crippen molar-refractivity contribution in [1.29, 1.82) is 0 Å². The molecule has 0 saturated heterocycles. The average Bonchev–Trinajstić information content (AvgIpc) is 2.39. The van der Waals surface area contributed by atoms with Gasteiger partial charge in [0.1, 0.15) is 5.82 Å². The number of nitrogens with zero attached hydrogens (tertiary/aromatic N) is 1. The van der Waals surface area contributed by atoms with Crippen LogP contribution in [0.2, 0.25) is 0 Å². The summed E-state index contributed by atoms with van der Waals surface area (Å²) in [7, 11) is 1.87. The van der Waals surface area contributed by atoms with Gasteiger partial charge in [-0.3, -0.25) is 9.69 Å². The molecular formula is C18H21FN2O. The van der Waals surface area contributed by atoms with Crippen LogP contribution in [0.1, 0.15) is 16.7 Å². The van der Waals surface area contributed by atoms with Crippen molar-refractivity contribution in [2.45, 2.75) is 20.4 Å². The third kappa shape index (κ3) is 4.97. The van der Waals surface area contributed by atoms with Gasteiger partial charge in [0, 0.05) is 12.2 Å². The first-order valence-corrected chi connectivity index (χ1v) is 7.23. The Bertz CT molecular complexity index is 632. The van der Waals surface area contributed by atoms with E-state index >= 15 is 0 Å². The Labute approximate surface area is 130 Å². The van der Waals surface area contributed by atoms with Gasteiger partial charge in [-0.1, -0.05) is 18.2 Å². The summed E-state index contributed by atoms with van der Waals surface area (Å²) >= 11 is 0. The molecule has 0 aliphatic heterocycles. The molecule has 1 N–H and O–H groups in total. The monoisotopic (exact) mass is 300 g/mol. The fourth-order valence-electron chi connectivity index (χ4n) is 2.45. The minimum Gasteiger partial charge on any atom is -0.325 e. The molecule has 0 spiro atoms. The zero-order valence-corrected chi connectivity index (χ0v) is 13.2. The van der Waals surface area contributed by atoms with Crippen LogP contribution in [-0.4, -0.2) is 24.4 Å². The number of likely N-dealkylation sites (N-methyl/N-ethyl adjacent to an activating group) is 1. The van der Waals surface area contributed by atoms with Crippen LogP contribution in [0.4, 0.5) is 10.1 Å². The van der Waals surface area contributed by atoms with E-state index in [0.717, 1.165) is 22.4 Å². The molecule has 0 saturated carbocycles. The lowest BCUT2D eigenvalue weighted by molar-refractivity contribution is -0.117. The highest BCUT2D eigenvalue weighted by atomic mass is 19.1. The molecular weight excluding hydrogens is 279 g/mol. The number of nitrogens with one attached hydrogen (secondary N) is 1. The molecule has 2 rings (SSSR count). The van der Waals surface area contributed by atoms with Crippen molar-refractivity contribution in [2.24, 2.45) is 0 Å². The SMILES string of the molecule is Cc1cc(C)cc(NC(=O)CN(C)Cc2ccc(F)cc2)c1. The highest BCUT2D eigenvalue weighted by Crippen LogP contribution is 2.13. The molecule has 0 aromatic heterocycles. The first kappa shape index (κ1) is 16.2. The van der Waals surface area contributed by atoms with Gasteiger partial charge in [0.2, 0.25) is 5.91 Å². The van der Waals surface area contributed by atoms with Crippen molar-refractivity contribution in [1.82, 2.24) is 4.90 Å². The fraction of sp³-hybridized carbons (Fsp3) is 0.278. The molecule has 2 aromatic carbocycles. The average molecular weight is 300 g/mol. The maximum absolute atomic E-state index is 12.9. The maximum atomic E-state index is 12.9. The Morgan fingerprint density at radius 3 is 2.27 bits per heavy atom. The van der Waals surface area contributed by atoms with E-state index in [0.29, 0.717) is 6.54 Å². The molecule has 3 nitrogen and oxygen atoms in total. The van der Waals surface area contributed by atoms with Gasteiger partial charge in [0.05, 0.1) is 6.54 Å². The smallest absolute Gasteiger partial charge is 0.238 e. The van der Waals surface area contributed by atoms with Gasteiger partial charge < -0.3 is 5.32 Å². The van der Waals surface area contributed by atoms with E-state index in [2.05, 4.69) is 11.4 Å². The normalized spacial score (nSPS) is 10.8. The number of rotatable bonds is 5. The van der Waals surface area contributed by atoms with Crippen LogP contribution in [0.15, 0.2) is 42.5 Å². The Morgan fingerprint density at radius 2 is 1.68 bits per heavy atom. The van der Waals surface area contributed by atoms with E-state index in [4.69, 9.17) is 0 Å². The number of halogens is 1. The minimum absolute atomic E-state index is 0.0605. The molecule has 0 aliphatic carbocycles. The van der Waals surface area contributed by atoms with E-state index < -0.39 is 0 Å². The van der Waals surface area contributed by atoms with Crippen molar-refractivity contribution in [2.75, 3.05) is 18.9 Å². The molecule has 0 heterocycles. The summed E-state index contributed by atoms with van der Waals surface area (Å²) in [6, 6.07) is 12.3. The second-order valence-corrected chi connectivity index (χ2v) is 5.72. The van der Waals surface area contributed by atoms with E-state index in [1.165, 1.54) is 12.1 Å². The molecule has 1 amide bonds. The molecule has 0 aliphatic rings. The van der Waals surface area contributed by atoms with Crippen LogP contribution in [0.25, 0.3) is 0 Å². The summed E-state index contributed by atoms with van der Waals surface area (Å²) in [6.45, 7) is 4.89. The van der Waals surface area contributed by atoms with Crippen molar-refractivity contribution in [3.05, 3.63) is 65.0 Å². The summed E-state index contributed by atoms with van der Waals surface area (Å²) in [6.07, 6.45) is 0. The number of amides is 1. The lowest BCUT2D eigenvalue weighted by atomic mass is 10.1. The second kappa shape index (κ2) is 7.18. The summed E-state index contributed by atoms with van der Waals surface area (Å²) in [4.78, 5) is 14.0. The van der Waals surface area contributed by atoms with Crippen LogP contribution in [0, 0.1) is 19.7 Å². The zero-order chi connectivity index (χ0) is 16.1. The number of anilines is 1. The van der Waals surface area contributed by atoms with Crippen LogP contribution in [-0.2, 0) is 11.3 Å². The van der Waals surface area contributed by atoms with E-state index in [9.17, 15) is 9.18 Å². The van der Waals surface area contributed by atoms with Gasteiger partial charge in [0.25, 0.3) is 0 Å². The fourth-order valence-corrected chi connectivity index (χ4v) is 2.45. The molecule has 116 valence electrons. The van der Waals surface area contributed by atoms with Gasteiger partial charge >= 0.3 is 0 Å². The first-order valence-electron chi connectivity index (χ1n) is 7.23. The second-order valence-electron chi connectivity index (χ2n) is 5.72. The van der Waals surface area contributed by atoms with Crippen LogP contribution < -0.4 is 5.32 Å². The van der Waals surface area contributed by atoms with Crippen molar-refractivity contribution in [3.63, 3.8) is 0 Å². The Balaban J connectivity index is 1.89. The summed E-state index contributed by atoms with van der Waals surface area (Å²) < 4.78 is 12.9. The molecule has 0 fully saturated rings. The number of carbonyl (C=O) groups excluding carboxylic acids is 1. The van der Waals surface area contributed by atoms with Crippen LogP contribution in [0.5, 0.6) is 0 Å². The first-order chi connectivity index (χ1) is 10.4. The Hall–Kier alpha value is -2.20. The van der Waals surface area contributed by atoms with E-state index in [1.54, 1.807) is 12.1 Å². The standard InChI is InChI=1S/C18H21FN2O/c1-13-8-14(2)10-17(9-13)20-18(22)12-21(3)11-15-4-6-16(19)7-5-15/h4-10H,11-12H2,1-3H3,(H,20,22). The minimum atomic E-state index is -0.251. The quantitative estimate of drug-likeness (QED) is 0.916. The number of carbonyl (C=O) groups is 1. The number of benzene rings is 2. The van der Waals surface area contributed by atoms with E-state index in [-0.39, 0.29) is 18.3 Å². The highest BCUT2D eigenvalue weighted by molar-refractivity contribution is 5.92. The highest BCUT2D eigenvalue weighted by Gasteiger charge is 2.08. The molecule has 0 bridgehead atoms. The molecule has 2 aromatic rings. The number of hydrogen-bond donors (Lipinski definition) is 1. The predicted molar refractivity (Wildman–Crippen MR) is 87.3 cm³/mol. The van der Waals surface area contributed by atoms with Crippen molar-refractivity contribution >= 4 is 11.6 Å². The largest absolute Gasteiger partial charge is 0.325 e. The van der Waals surface area contributed by atoms with Gasteiger partial charge in [-0.25, -0.2) is 4.39 Å². The summed E-state index contributed by atoms with van der Waals surface area (Å²) in [5.41, 5.74) is 4.03. The van der Waals surface area contributed by atoms with Crippen LogP contribution >= 0.6 is 0 Å².